The number of rotatable bonds is 4. The molecule has 2 aliphatic rings. The fourth-order valence-corrected chi connectivity index (χ4v) is 4.29. The van der Waals surface area contributed by atoms with Crippen LogP contribution in [0.4, 0.5) is 0 Å². The van der Waals surface area contributed by atoms with Crippen LogP contribution in [0.15, 0.2) is 54.9 Å². The minimum Gasteiger partial charge on any atom is -0.334 e. The number of carbonyl (C=O) groups is 1. The first-order valence-electron chi connectivity index (χ1n) is 9.24. The average Bonchev–Trinajstić information content (AvgIpc) is 2.97. The van der Waals surface area contributed by atoms with Crippen LogP contribution in [0.1, 0.15) is 30.4 Å². The molecule has 1 aromatic carbocycles. The Morgan fingerprint density at radius 3 is 2.64 bits per heavy atom. The van der Waals surface area contributed by atoms with Crippen molar-refractivity contribution in [2.24, 2.45) is 5.92 Å². The summed E-state index contributed by atoms with van der Waals surface area (Å²) in [6.45, 7) is 3.71. The van der Waals surface area contributed by atoms with Crippen molar-refractivity contribution in [2.75, 3.05) is 13.1 Å². The normalized spacial score (nSPS) is 24.2. The van der Waals surface area contributed by atoms with Crippen LogP contribution in [0.2, 0.25) is 0 Å². The van der Waals surface area contributed by atoms with E-state index in [4.69, 9.17) is 0 Å². The summed E-state index contributed by atoms with van der Waals surface area (Å²) in [6.07, 6.45) is 6.64. The lowest BCUT2D eigenvalue weighted by Gasteiger charge is -2.30. The zero-order chi connectivity index (χ0) is 17.1. The van der Waals surface area contributed by atoms with Crippen molar-refractivity contribution in [3.8, 4) is 0 Å². The van der Waals surface area contributed by atoms with E-state index < -0.39 is 0 Å². The van der Waals surface area contributed by atoms with E-state index in [0.29, 0.717) is 24.3 Å². The maximum absolute atomic E-state index is 12.7. The highest BCUT2D eigenvalue weighted by atomic mass is 16.2. The SMILES string of the molecule is O=C1CCCC2CN(Cc3cccnc3)CC2N1Cc1ccccc1. The molecule has 0 spiro atoms. The van der Waals surface area contributed by atoms with Crippen molar-refractivity contribution in [3.05, 3.63) is 66.0 Å². The van der Waals surface area contributed by atoms with Crippen molar-refractivity contribution < 1.29 is 4.79 Å². The fourth-order valence-electron chi connectivity index (χ4n) is 4.29. The lowest BCUT2D eigenvalue weighted by atomic mass is 9.98. The number of nitrogens with zero attached hydrogens (tertiary/aromatic N) is 3. The van der Waals surface area contributed by atoms with Gasteiger partial charge in [0, 0.05) is 51.0 Å². The molecule has 1 amide bonds. The van der Waals surface area contributed by atoms with Crippen molar-refractivity contribution in [1.82, 2.24) is 14.8 Å². The van der Waals surface area contributed by atoms with E-state index >= 15 is 0 Å². The minimum absolute atomic E-state index is 0.319. The maximum atomic E-state index is 12.7. The monoisotopic (exact) mass is 335 g/mol. The average molecular weight is 335 g/mol. The van der Waals surface area contributed by atoms with E-state index in [1.54, 1.807) is 0 Å². The van der Waals surface area contributed by atoms with Crippen molar-refractivity contribution >= 4 is 5.91 Å². The highest BCUT2D eigenvalue weighted by molar-refractivity contribution is 5.77. The molecule has 2 aliphatic heterocycles. The van der Waals surface area contributed by atoms with Crippen LogP contribution in [0, 0.1) is 5.92 Å². The van der Waals surface area contributed by atoms with Crippen LogP contribution in [-0.2, 0) is 17.9 Å². The molecular formula is C21H25N3O. The molecule has 4 rings (SSSR count). The number of hydrogen-bond acceptors (Lipinski definition) is 3. The van der Waals surface area contributed by atoms with Crippen LogP contribution >= 0.6 is 0 Å². The molecule has 0 bridgehead atoms. The Balaban J connectivity index is 1.50. The molecule has 2 fully saturated rings. The van der Waals surface area contributed by atoms with Gasteiger partial charge in [0.05, 0.1) is 0 Å². The Morgan fingerprint density at radius 2 is 1.84 bits per heavy atom. The minimum atomic E-state index is 0.319. The van der Waals surface area contributed by atoms with Gasteiger partial charge in [-0.05, 0) is 36.0 Å². The molecule has 0 aliphatic carbocycles. The third-order valence-electron chi connectivity index (χ3n) is 5.49. The topological polar surface area (TPSA) is 36.4 Å². The zero-order valence-electron chi connectivity index (χ0n) is 14.6. The Kier molecular flexibility index (Phi) is 4.79. The van der Waals surface area contributed by atoms with E-state index in [0.717, 1.165) is 39.0 Å². The second-order valence-corrected chi connectivity index (χ2v) is 7.28. The molecule has 2 atom stereocenters. The van der Waals surface area contributed by atoms with Crippen LogP contribution in [0.25, 0.3) is 0 Å². The van der Waals surface area contributed by atoms with Gasteiger partial charge < -0.3 is 4.90 Å². The molecule has 2 saturated heterocycles. The summed E-state index contributed by atoms with van der Waals surface area (Å²) in [4.78, 5) is 21.6. The number of pyridine rings is 1. The van der Waals surface area contributed by atoms with Crippen LogP contribution in [0.5, 0.6) is 0 Å². The summed E-state index contributed by atoms with van der Waals surface area (Å²) in [7, 11) is 0. The second kappa shape index (κ2) is 7.36. The van der Waals surface area contributed by atoms with Gasteiger partial charge in [0.15, 0.2) is 0 Å². The maximum Gasteiger partial charge on any atom is 0.223 e. The van der Waals surface area contributed by atoms with Crippen LogP contribution in [0.3, 0.4) is 0 Å². The number of hydrogen-bond donors (Lipinski definition) is 0. The molecule has 4 heteroatoms. The highest BCUT2D eigenvalue weighted by Gasteiger charge is 2.40. The summed E-state index contributed by atoms with van der Waals surface area (Å²) >= 11 is 0. The van der Waals surface area contributed by atoms with Gasteiger partial charge in [-0.25, -0.2) is 0 Å². The fraction of sp³-hybridized carbons (Fsp3) is 0.429. The van der Waals surface area contributed by atoms with E-state index in [-0.39, 0.29) is 0 Å². The first-order chi connectivity index (χ1) is 12.3. The van der Waals surface area contributed by atoms with Gasteiger partial charge in [-0.15, -0.1) is 0 Å². The predicted molar refractivity (Wildman–Crippen MR) is 97.6 cm³/mol. The smallest absolute Gasteiger partial charge is 0.223 e. The van der Waals surface area contributed by atoms with Gasteiger partial charge >= 0.3 is 0 Å². The molecular weight excluding hydrogens is 310 g/mol. The highest BCUT2D eigenvalue weighted by Crippen LogP contribution is 2.32. The number of amides is 1. The van der Waals surface area contributed by atoms with Crippen LogP contribution in [-0.4, -0.2) is 39.8 Å². The number of carbonyl (C=O) groups excluding carboxylic acids is 1. The molecule has 1 aromatic heterocycles. The third-order valence-corrected chi connectivity index (χ3v) is 5.49. The second-order valence-electron chi connectivity index (χ2n) is 7.28. The zero-order valence-corrected chi connectivity index (χ0v) is 14.6. The largest absolute Gasteiger partial charge is 0.334 e. The third kappa shape index (κ3) is 3.74. The number of fused-ring (bicyclic) bond motifs is 1. The van der Waals surface area contributed by atoms with Crippen LogP contribution < -0.4 is 0 Å². The summed E-state index contributed by atoms with van der Waals surface area (Å²) in [5.74, 6) is 0.909. The summed E-state index contributed by atoms with van der Waals surface area (Å²) < 4.78 is 0. The molecule has 0 saturated carbocycles. The first-order valence-corrected chi connectivity index (χ1v) is 9.24. The van der Waals surface area contributed by atoms with Gasteiger partial charge in [0.25, 0.3) is 0 Å². The number of benzene rings is 1. The van der Waals surface area contributed by atoms with Gasteiger partial charge in [0.1, 0.15) is 0 Å². The quantitative estimate of drug-likeness (QED) is 0.861. The first kappa shape index (κ1) is 16.3. The summed E-state index contributed by atoms with van der Waals surface area (Å²) in [6, 6.07) is 14.8. The Labute approximate surface area is 149 Å². The van der Waals surface area contributed by atoms with Crippen molar-refractivity contribution in [1.29, 1.82) is 0 Å². The molecule has 2 unspecified atom stereocenters. The summed E-state index contributed by atoms with van der Waals surface area (Å²) in [5.41, 5.74) is 2.47. The molecule has 0 N–H and O–H groups in total. The predicted octanol–water partition coefficient (Wildman–Crippen LogP) is 3.09. The van der Waals surface area contributed by atoms with E-state index in [9.17, 15) is 4.79 Å². The summed E-state index contributed by atoms with van der Waals surface area (Å²) in [5, 5.41) is 0. The number of aromatic nitrogens is 1. The van der Waals surface area contributed by atoms with Gasteiger partial charge in [0.2, 0.25) is 5.91 Å². The van der Waals surface area contributed by atoms with Crippen molar-refractivity contribution in [3.63, 3.8) is 0 Å². The van der Waals surface area contributed by atoms with E-state index in [1.807, 2.05) is 24.5 Å². The molecule has 0 radical (unpaired) electrons. The Bertz CT molecular complexity index is 704. The molecule has 130 valence electrons. The van der Waals surface area contributed by atoms with E-state index in [1.165, 1.54) is 11.1 Å². The lowest BCUT2D eigenvalue weighted by Crippen LogP contribution is -2.42. The number of likely N-dealkylation sites (tertiary alicyclic amines) is 2. The standard InChI is InChI=1S/C21H25N3O/c25-21-10-4-9-19-15-23(13-18-8-5-11-22-12-18)16-20(19)24(21)14-17-6-2-1-3-7-17/h1-3,5-8,11-12,19-20H,4,9-10,13-16H2. The Hall–Kier alpha value is -2.20. The van der Waals surface area contributed by atoms with E-state index in [2.05, 4.69) is 45.1 Å². The molecule has 4 nitrogen and oxygen atoms in total. The van der Waals surface area contributed by atoms with Gasteiger partial charge in [-0.2, -0.15) is 0 Å². The molecule has 2 aromatic rings. The van der Waals surface area contributed by atoms with Gasteiger partial charge in [-0.3, -0.25) is 14.7 Å². The molecule has 25 heavy (non-hydrogen) atoms. The van der Waals surface area contributed by atoms with Crippen molar-refractivity contribution in [2.45, 2.75) is 38.4 Å². The van der Waals surface area contributed by atoms with Gasteiger partial charge in [-0.1, -0.05) is 36.4 Å². The molecule has 3 heterocycles. The Morgan fingerprint density at radius 1 is 1.00 bits per heavy atom. The lowest BCUT2D eigenvalue weighted by molar-refractivity contribution is -0.133.